The van der Waals surface area contributed by atoms with Gasteiger partial charge in [-0.25, -0.2) is 14.2 Å². The van der Waals surface area contributed by atoms with E-state index < -0.39 is 24.6 Å². The fourth-order valence-electron chi connectivity index (χ4n) is 2.66. The van der Waals surface area contributed by atoms with Crippen molar-refractivity contribution in [2.75, 3.05) is 25.3 Å². The fraction of sp³-hybridized carbons (Fsp3) is 0.500. The van der Waals surface area contributed by atoms with Crippen LogP contribution in [0.2, 0.25) is 0 Å². The highest BCUT2D eigenvalue weighted by atomic mass is 19.1. The first-order valence-corrected chi connectivity index (χ1v) is 9.03. The second kappa shape index (κ2) is 8.60. The summed E-state index contributed by atoms with van der Waals surface area (Å²) in [5.41, 5.74) is 1.06. The van der Waals surface area contributed by atoms with E-state index in [9.17, 15) is 14.3 Å². The van der Waals surface area contributed by atoms with Crippen LogP contribution in [0.4, 0.5) is 14.9 Å². The van der Waals surface area contributed by atoms with E-state index in [2.05, 4.69) is 5.10 Å². The lowest BCUT2D eigenvalue weighted by molar-refractivity contribution is 0.0360. The Morgan fingerprint density at radius 1 is 1.29 bits per heavy atom. The molecule has 0 spiro atoms. The van der Waals surface area contributed by atoms with Gasteiger partial charge in [0.1, 0.15) is 18.0 Å². The normalized spacial score (nSPS) is 17.4. The Morgan fingerprint density at radius 3 is 2.39 bits per heavy atom. The first-order valence-electron chi connectivity index (χ1n) is 9.03. The number of anilines is 1. The topological polar surface area (TPSA) is 74.6 Å². The van der Waals surface area contributed by atoms with E-state index in [4.69, 9.17) is 9.47 Å². The zero-order chi connectivity index (χ0) is 21.1. The number of alkyl halides is 1. The summed E-state index contributed by atoms with van der Waals surface area (Å²) in [5, 5.41) is 16.5. The molecule has 1 heterocycles. The minimum Gasteiger partial charge on any atom is -0.497 e. The third kappa shape index (κ3) is 4.81. The second-order valence-electron chi connectivity index (χ2n) is 7.47. The highest BCUT2D eigenvalue weighted by Gasteiger charge is 2.33. The van der Waals surface area contributed by atoms with E-state index in [-0.39, 0.29) is 12.4 Å². The SMILES string of the molecule is COc1ccc(N2N=C(N(CCF)C(=O)OC(C)(C)C)C(C)=C(C)C2O)cc1. The van der Waals surface area contributed by atoms with Crippen LogP contribution in [0, 0.1) is 0 Å². The number of aliphatic hydroxyl groups is 1. The number of halogens is 1. The van der Waals surface area contributed by atoms with Gasteiger partial charge in [0.05, 0.1) is 19.3 Å². The average Bonchev–Trinajstić information content (AvgIpc) is 2.64. The standard InChI is InChI=1S/C20H28FN3O4/c1-13-14(2)18(25)24(15-7-9-16(27-6)10-8-15)22-17(13)23(12-11-21)19(26)28-20(3,4)5/h7-10,18,25H,11-12H2,1-6H3. The predicted molar refractivity (Wildman–Crippen MR) is 106 cm³/mol. The molecule has 1 amide bonds. The number of amidine groups is 1. The molecule has 0 saturated heterocycles. The molecule has 0 aliphatic carbocycles. The smallest absolute Gasteiger partial charge is 0.416 e. The van der Waals surface area contributed by atoms with Gasteiger partial charge in [-0.2, -0.15) is 5.10 Å². The highest BCUT2D eigenvalue weighted by Crippen LogP contribution is 2.29. The summed E-state index contributed by atoms with van der Waals surface area (Å²) < 4.78 is 23.8. The largest absolute Gasteiger partial charge is 0.497 e. The van der Waals surface area contributed by atoms with Crippen LogP contribution in [0.1, 0.15) is 34.6 Å². The number of hydrazone groups is 1. The van der Waals surface area contributed by atoms with Crippen molar-refractivity contribution in [1.29, 1.82) is 0 Å². The van der Waals surface area contributed by atoms with E-state index in [1.165, 1.54) is 5.01 Å². The molecule has 154 valence electrons. The number of hydrogen-bond acceptors (Lipinski definition) is 6. The molecule has 7 nitrogen and oxygen atoms in total. The van der Waals surface area contributed by atoms with Crippen molar-refractivity contribution in [2.45, 2.75) is 46.4 Å². The van der Waals surface area contributed by atoms with Gasteiger partial charge in [-0.05, 0) is 70.0 Å². The summed E-state index contributed by atoms with van der Waals surface area (Å²) in [4.78, 5) is 13.8. The number of carbonyl (C=O) groups excluding carboxylic acids is 1. The van der Waals surface area contributed by atoms with Crippen molar-refractivity contribution >= 4 is 17.6 Å². The predicted octanol–water partition coefficient (Wildman–Crippen LogP) is 3.69. The summed E-state index contributed by atoms with van der Waals surface area (Å²) >= 11 is 0. The number of amides is 1. The van der Waals surface area contributed by atoms with Crippen LogP contribution in [0.5, 0.6) is 5.75 Å². The van der Waals surface area contributed by atoms with Gasteiger partial charge in [-0.15, -0.1) is 0 Å². The molecule has 0 radical (unpaired) electrons. The van der Waals surface area contributed by atoms with Crippen LogP contribution in [-0.4, -0.2) is 54.1 Å². The Morgan fingerprint density at radius 2 is 1.89 bits per heavy atom. The molecule has 0 fully saturated rings. The van der Waals surface area contributed by atoms with E-state index in [1.807, 2.05) is 0 Å². The van der Waals surface area contributed by atoms with Crippen molar-refractivity contribution in [2.24, 2.45) is 5.10 Å². The molecule has 1 aromatic rings. The molecule has 1 aromatic carbocycles. The molecule has 0 bridgehead atoms. The Labute approximate surface area is 165 Å². The van der Waals surface area contributed by atoms with E-state index in [0.717, 1.165) is 4.90 Å². The van der Waals surface area contributed by atoms with Crippen molar-refractivity contribution in [3.63, 3.8) is 0 Å². The van der Waals surface area contributed by atoms with Gasteiger partial charge in [0.25, 0.3) is 0 Å². The third-order valence-electron chi connectivity index (χ3n) is 4.26. The second-order valence-corrected chi connectivity index (χ2v) is 7.47. The van der Waals surface area contributed by atoms with Crippen LogP contribution in [0.15, 0.2) is 40.5 Å². The number of aliphatic hydroxyl groups excluding tert-OH is 1. The molecule has 1 aliphatic heterocycles. The van der Waals surface area contributed by atoms with Gasteiger partial charge in [0.15, 0.2) is 12.1 Å². The molecular formula is C20H28FN3O4. The molecule has 2 rings (SSSR count). The molecule has 1 atom stereocenters. The van der Waals surface area contributed by atoms with Crippen molar-refractivity contribution in [3.8, 4) is 5.75 Å². The van der Waals surface area contributed by atoms with E-state index in [0.29, 0.717) is 22.6 Å². The summed E-state index contributed by atoms with van der Waals surface area (Å²) in [6.07, 6.45) is -1.70. The van der Waals surface area contributed by atoms with Gasteiger partial charge in [-0.3, -0.25) is 4.90 Å². The number of rotatable bonds is 4. The number of hydrogen-bond donors (Lipinski definition) is 1. The molecule has 0 aromatic heterocycles. The van der Waals surface area contributed by atoms with E-state index >= 15 is 0 Å². The number of ether oxygens (including phenoxy) is 2. The third-order valence-corrected chi connectivity index (χ3v) is 4.26. The molecule has 1 N–H and O–H groups in total. The van der Waals surface area contributed by atoms with Gasteiger partial charge < -0.3 is 14.6 Å². The Kier molecular flexibility index (Phi) is 6.66. The highest BCUT2D eigenvalue weighted by molar-refractivity contribution is 6.07. The first-order chi connectivity index (χ1) is 13.1. The maximum absolute atomic E-state index is 13.2. The van der Waals surface area contributed by atoms with Gasteiger partial charge >= 0.3 is 6.09 Å². The maximum Gasteiger partial charge on any atom is 0.416 e. The Bertz CT molecular complexity index is 769. The van der Waals surface area contributed by atoms with Crippen molar-refractivity contribution in [3.05, 3.63) is 35.4 Å². The first kappa shape index (κ1) is 21.7. The number of methoxy groups -OCH3 is 1. The molecule has 8 heteroatoms. The summed E-state index contributed by atoms with van der Waals surface area (Å²) in [6, 6.07) is 6.96. The van der Waals surface area contributed by atoms with E-state index in [1.54, 1.807) is 66.0 Å². The minimum atomic E-state index is -1.01. The molecule has 1 aliphatic rings. The van der Waals surface area contributed by atoms with Crippen LogP contribution in [0.3, 0.4) is 0 Å². The van der Waals surface area contributed by atoms with Crippen LogP contribution in [0.25, 0.3) is 0 Å². The van der Waals surface area contributed by atoms with Gasteiger partial charge in [0.2, 0.25) is 0 Å². The minimum absolute atomic E-state index is 0.203. The van der Waals surface area contributed by atoms with Crippen LogP contribution < -0.4 is 9.75 Å². The lowest BCUT2D eigenvalue weighted by atomic mass is 10.1. The van der Waals surface area contributed by atoms with Gasteiger partial charge in [0, 0.05) is 0 Å². The quantitative estimate of drug-likeness (QED) is 0.844. The molecule has 28 heavy (non-hydrogen) atoms. The van der Waals surface area contributed by atoms with Crippen molar-refractivity contribution in [1.82, 2.24) is 4.90 Å². The summed E-state index contributed by atoms with van der Waals surface area (Å²) in [5.74, 6) is 0.904. The molecule has 0 saturated carbocycles. The number of nitrogens with zero attached hydrogens (tertiary/aromatic N) is 3. The zero-order valence-corrected chi connectivity index (χ0v) is 17.2. The summed E-state index contributed by atoms with van der Waals surface area (Å²) in [7, 11) is 1.56. The van der Waals surface area contributed by atoms with Crippen LogP contribution >= 0.6 is 0 Å². The Balaban J connectivity index is 2.45. The number of benzene rings is 1. The average molecular weight is 393 g/mol. The number of carbonyl (C=O) groups is 1. The lowest BCUT2D eigenvalue weighted by Crippen LogP contribution is -2.47. The Hall–Kier alpha value is -2.61. The van der Waals surface area contributed by atoms with Gasteiger partial charge in [-0.1, -0.05) is 0 Å². The monoisotopic (exact) mass is 393 g/mol. The maximum atomic E-state index is 13.2. The lowest BCUT2D eigenvalue weighted by Gasteiger charge is -2.35. The van der Waals surface area contributed by atoms with Crippen LogP contribution in [-0.2, 0) is 4.74 Å². The zero-order valence-electron chi connectivity index (χ0n) is 17.2. The summed E-state index contributed by atoms with van der Waals surface area (Å²) in [6.45, 7) is 7.74. The molecule has 1 unspecified atom stereocenters. The fourth-order valence-corrected chi connectivity index (χ4v) is 2.66. The molecular weight excluding hydrogens is 365 g/mol. The van der Waals surface area contributed by atoms with Crippen molar-refractivity contribution < 1.29 is 23.8 Å².